The molecule has 114 valence electrons. The highest BCUT2D eigenvalue weighted by atomic mass is 16.3. The molecule has 0 unspecified atom stereocenters. The van der Waals surface area contributed by atoms with Crippen LogP contribution in [0.4, 0.5) is 0 Å². The minimum atomic E-state index is -0.292. The van der Waals surface area contributed by atoms with E-state index in [1.165, 1.54) is 5.01 Å². The first kappa shape index (κ1) is 14.5. The Hall–Kier alpha value is -2.40. The Morgan fingerprint density at radius 1 is 1.05 bits per heavy atom. The molecule has 3 rings (SSSR count). The van der Waals surface area contributed by atoms with Crippen molar-refractivity contribution in [3.63, 3.8) is 0 Å². The van der Waals surface area contributed by atoms with Gasteiger partial charge in [-0.05, 0) is 43.0 Å². The van der Waals surface area contributed by atoms with Gasteiger partial charge in [-0.25, -0.2) is 0 Å². The average molecular weight is 298 g/mol. The van der Waals surface area contributed by atoms with E-state index in [4.69, 9.17) is 5.11 Å². The van der Waals surface area contributed by atoms with Gasteiger partial charge in [0.25, 0.3) is 11.8 Å². The third-order valence-corrected chi connectivity index (χ3v) is 3.99. The maximum Gasteiger partial charge on any atom is 0.281 e. The zero-order valence-electron chi connectivity index (χ0n) is 12.5. The summed E-state index contributed by atoms with van der Waals surface area (Å²) in [6.07, 6.45) is 3.86. The summed E-state index contributed by atoms with van der Waals surface area (Å²) >= 11 is 0. The van der Waals surface area contributed by atoms with E-state index < -0.39 is 0 Å². The molecule has 0 atom stereocenters. The lowest BCUT2D eigenvalue weighted by atomic mass is 10.1. The van der Waals surface area contributed by atoms with Gasteiger partial charge in [0.2, 0.25) is 0 Å². The molecule has 5 nitrogen and oxygen atoms in total. The Kier molecular flexibility index (Phi) is 3.81. The molecule has 2 heterocycles. The fraction of sp³-hybridized carbons (Fsp3) is 0.294. The van der Waals surface area contributed by atoms with Gasteiger partial charge in [-0.15, -0.1) is 0 Å². The van der Waals surface area contributed by atoms with Gasteiger partial charge in [-0.3, -0.25) is 14.3 Å². The van der Waals surface area contributed by atoms with Gasteiger partial charge in [0.1, 0.15) is 0 Å². The molecular formula is C17H18N2O3. The number of hydrogen-bond acceptors (Lipinski definition) is 3. The number of hydrogen-bond donors (Lipinski definition) is 1. The highest BCUT2D eigenvalue weighted by Gasteiger charge is 2.37. The van der Waals surface area contributed by atoms with Crippen molar-refractivity contribution >= 4 is 11.8 Å². The van der Waals surface area contributed by atoms with Gasteiger partial charge >= 0.3 is 0 Å². The molecule has 1 aliphatic rings. The van der Waals surface area contributed by atoms with E-state index in [9.17, 15) is 9.59 Å². The molecule has 0 fully saturated rings. The summed E-state index contributed by atoms with van der Waals surface area (Å²) in [5, 5.41) is 10.2. The van der Waals surface area contributed by atoms with Crippen LogP contribution >= 0.6 is 0 Å². The van der Waals surface area contributed by atoms with Gasteiger partial charge in [0, 0.05) is 18.5 Å². The second-order valence-corrected chi connectivity index (χ2v) is 5.28. The molecule has 5 heteroatoms. The summed E-state index contributed by atoms with van der Waals surface area (Å²) in [4.78, 5) is 25.1. The minimum Gasteiger partial charge on any atom is -0.396 e. The van der Waals surface area contributed by atoms with Crippen molar-refractivity contribution in [1.29, 1.82) is 0 Å². The third kappa shape index (κ3) is 2.14. The largest absolute Gasteiger partial charge is 0.396 e. The van der Waals surface area contributed by atoms with E-state index in [1.807, 2.05) is 13.0 Å². The molecular weight excluding hydrogens is 280 g/mol. The molecule has 0 aliphatic carbocycles. The number of aromatic nitrogens is 1. The number of aliphatic hydroxyl groups is 1. The summed E-state index contributed by atoms with van der Waals surface area (Å²) in [7, 11) is 0. The predicted octanol–water partition coefficient (Wildman–Crippen LogP) is 1.91. The summed E-state index contributed by atoms with van der Waals surface area (Å²) < 4.78 is 1.65. The van der Waals surface area contributed by atoms with Crippen LogP contribution in [0.2, 0.25) is 0 Å². The van der Waals surface area contributed by atoms with Gasteiger partial charge in [-0.2, -0.15) is 5.01 Å². The molecule has 1 N–H and O–H groups in total. The molecule has 0 spiro atoms. The van der Waals surface area contributed by atoms with E-state index in [2.05, 4.69) is 0 Å². The molecule has 1 aliphatic heterocycles. The first-order chi connectivity index (χ1) is 10.7. The van der Waals surface area contributed by atoms with E-state index in [0.29, 0.717) is 24.0 Å². The van der Waals surface area contributed by atoms with Gasteiger partial charge in [-0.1, -0.05) is 19.1 Å². The number of nitrogens with zero attached hydrogens (tertiary/aromatic N) is 2. The second-order valence-electron chi connectivity index (χ2n) is 5.28. The molecule has 0 bridgehead atoms. The molecule has 22 heavy (non-hydrogen) atoms. The number of carbonyl (C=O) groups is 2. The lowest BCUT2D eigenvalue weighted by Gasteiger charge is -2.19. The molecule has 2 aromatic rings. The van der Waals surface area contributed by atoms with Crippen LogP contribution in [0.5, 0.6) is 0 Å². The normalized spacial score (nSPS) is 13.8. The maximum absolute atomic E-state index is 12.5. The standard InChI is InChI=1S/C17H18N2O3/c1-2-15-12(6-5-11-20)9-10-18(15)19-16(21)13-7-3-4-8-14(13)17(19)22/h3-4,7-10,20H,2,5-6,11H2,1H3. The summed E-state index contributed by atoms with van der Waals surface area (Å²) in [6, 6.07) is 8.79. The molecule has 0 saturated carbocycles. The van der Waals surface area contributed by atoms with Crippen LogP contribution < -0.4 is 5.01 Å². The molecule has 1 aromatic heterocycles. The van der Waals surface area contributed by atoms with E-state index >= 15 is 0 Å². The number of imide groups is 1. The van der Waals surface area contributed by atoms with E-state index in [0.717, 1.165) is 17.7 Å². The zero-order valence-corrected chi connectivity index (χ0v) is 12.5. The number of rotatable bonds is 5. The number of amides is 2. The fourth-order valence-corrected chi connectivity index (χ4v) is 2.94. The second kappa shape index (κ2) is 5.77. The summed E-state index contributed by atoms with van der Waals surface area (Å²) in [5.41, 5.74) is 2.89. The Morgan fingerprint density at radius 2 is 1.68 bits per heavy atom. The van der Waals surface area contributed by atoms with Crippen LogP contribution in [0.3, 0.4) is 0 Å². The van der Waals surface area contributed by atoms with E-state index in [-0.39, 0.29) is 18.4 Å². The van der Waals surface area contributed by atoms with Crippen molar-refractivity contribution in [2.75, 3.05) is 11.6 Å². The van der Waals surface area contributed by atoms with Crippen LogP contribution in [0.1, 0.15) is 45.3 Å². The highest BCUT2D eigenvalue weighted by molar-refractivity contribution is 6.30. The topological polar surface area (TPSA) is 62.5 Å². The van der Waals surface area contributed by atoms with Crippen LogP contribution in [-0.4, -0.2) is 28.2 Å². The molecule has 0 radical (unpaired) electrons. The first-order valence-electron chi connectivity index (χ1n) is 7.47. The van der Waals surface area contributed by atoms with Gasteiger partial charge in [0.05, 0.1) is 11.1 Å². The monoisotopic (exact) mass is 298 g/mol. The van der Waals surface area contributed by atoms with Crippen LogP contribution in [0.15, 0.2) is 36.5 Å². The van der Waals surface area contributed by atoms with Crippen LogP contribution in [-0.2, 0) is 12.8 Å². The average Bonchev–Trinajstić information content (AvgIpc) is 3.05. The Balaban J connectivity index is 2.01. The predicted molar refractivity (Wildman–Crippen MR) is 82.5 cm³/mol. The molecule has 2 amide bonds. The number of benzene rings is 1. The lowest BCUT2D eigenvalue weighted by Crippen LogP contribution is -2.40. The van der Waals surface area contributed by atoms with Crippen LogP contribution in [0, 0.1) is 0 Å². The number of aliphatic hydroxyl groups excluding tert-OH is 1. The third-order valence-electron chi connectivity index (χ3n) is 3.99. The Morgan fingerprint density at radius 3 is 2.23 bits per heavy atom. The van der Waals surface area contributed by atoms with Crippen molar-refractivity contribution < 1.29 is 14.7 Å². The number of carbonyl (C=O) groups excluding carboxylic acids is 2. The molecule has 0 saturated heterocycles. The van der Waals surface area contributed by atoms with E-state index in [1.54, 1.807) is 35.1 Å². The molecule has 1 aromatic carbocycles. The zero-order chi connectivity index (χ0) is 15.7. The smallest absolute Gasteiger partial charge is 0.281 e. The summed E-state index contributed by atoms with van der Waals surface area (Å²) in [6.45, 7) is 2.12. The SMILES string of the molecule is CCc1c(CCCO)ccn1N1C(=O)c2ccccc2C1=O. The number of fused-ring (bicyclic) bond motifs is 1. The van der Waals surface area contributed by atoms with Crippen LogP contribution in [0.25, 0.3) is 0 Å². The lowest BCUT2D eigenvalue weighted by molar-refractivity contribution is 0.0885. The van der Waals surface area contributed by atoms with Gasteiger partial charge < -0.3 is 5.11 Å². The Labute approximate surface area is 128 Å². The Bertz CT molecular complexity index is 698. The van der Waals surface area contributed by atoms with Crippen molar-refractivity contribution in [2.45, 2.75) is 26.2 Å². The minimum absolute atomic E-state index is 0.126. The fourth-order valence-electron chi connectivity index (χ4n) is 2.94. The highest BCUT2D eigenvalue weighted by Crippen LogP contribution is 2.24. The van der Waals surface area contributed by atoms with Crippen molar-refractivity contribution in [3.05, 3.63) is 58.9 Å². The number of aryl methyl sites for hydroxylation is 1. The van der Waals surface area contributed by atoms with Crippen molar-refractivity contribution in [2.24, 2.45) is 0 Å². The van der Waals surface area contributed by atoms with Gasteiger partial charge in [0.15, 0.2) is 0 Å². The summed E-state index contributed by atoms with van der Waals surface area (Å²) in [5.74, 6) is -0.584. The van der Waals surface area contributed by atoms with Crippen molar-refractivity contribution in [1.82, 2.24) is 4.68 Å². The van der Waals surface area contributed by atoms with Crippen molar-refractivity contribution in [3.8, 4) is 0 Å². The maximum atomic E-state index is 12.5. The first-order valence-corrected chi connectivity index (χ1v) is 7.47. The quantitative estimate of drug-likeness (QED) is 0.858.